The molecule has 1 aliphatic heterocycles. The van der Waals surface area contributed by atoms with Crippen molar-refractivity contribution in [3.8, 4) is 5.75 Å². The standard InChI is InChI=1S/C18H21ClN6O3/c1-28-15-4-3-13(11-14(15)19)23-16(26)12-22-18(27)25-9-7-24(8-10-25)17-20-5-2-6-21-17/h2-6,11H,7-10,12H2,1H3,(H,22,27)(H,23,26). The minimum absolute atomic E-state index is 0.134. The summed E-state index contributed by atoms with van der Waals surface area (Å²) >= 11 is 6.03. The van der Waals surface area contributed by atoms with Crippen molar-refractivity contribution in [1.82, 2.24) is 20.2 Å². The molecule has 3 rings (SSSR count). The monoisotopic (exact) mass is 404 g/mol. The zero-order valence-corrected chi connectivity index (χ0v) is 16.1. The molecule has 1 aromatic carbocycles. The summed E-state index contributed by atoms with van der Waals surface area (Å²) in [5.41, 5.74) is 0.529. The van der Waals surface area contributed by atoms with E-state index in [1.54, 1.807) is 41.6 Å². The highest BCUT2D eigenvalue weighted by Gasteiger charge is 2.22. The van der Waals surface area contributed by atoms with E-state index < -0.39 is 0 Å². The number of halogens is 1. The molecular weight excluding hydrogens is 384 g/mol. The lowest BCUT2D eigenvalue weighted by Crippen LogP contribution is -2.53. The summed E-state index contributed by atoms with van der Waals surface area (Å²) in [7, 11) is 1.52. The van der Waals surface area contributed by atoms with Gasteiger partial charge in [0.15, 0.2) is 0 Å². The maximum absolute atomic E-state index is 12.3. The highest BCUT2D eigenvalue weighted by atomic mass is 35.5. The van der Waals surface area contributed by atoms with E-state index in [0.717, 1.165) is 0 Å². The number of methoxy groups -OCH3 is 1. The largest absolute Gasteiger partial charge is 0.495 e. The Balaban J connectivity index is 1.43. The molecule has 1 aromatic heterocycles. The minimum atomic E-state index is -0.342. The van der Waals surface area contributed by atoms with Crippen LogP contribution < -0.4 is 20.3 Å². The first kappa shape index (κ1) is 19.7. The van der Waals surface area contributed by atoms with E-state index in [-0.39, 0.29) is 18.5 Å². The summed E-state index contributed by atoms with van der Waals surface area (Å²) in [6.45, 7) is 2.19. The van der Waals surface area contributed by atoms with E-state index in [1.807, 2.05) is 4.90 Å². The van der Waals surface area contributed by atoms with Crippen molar-refractivity contribution in [3.63, 3.8) is 0 Å². The Labute approximate surface area is 167 Å². The minimum Gasteiger partial charge on any atom is -0.495 e. The molecule has 2 N–H and O–H groups in total. The summed E-state index contributed by atoms with van der Waals surface area (Å²) in [5, 5.41) is 5.71. The van der Waals surface area contributed by atoms with Crippen LogP contribution in [-0.4, -0.2) is 66.6 Å². The van der Waals surface area contributed by atoms with E-state index in [2.05, 4.69) is 20.6 Å². The van der Waals surface area contributed by atoms with Crippen molar-refractivity contribution in [2.75, 3.05) is 50.1 Å². The maximum atomic E-state index is 12.3. The van der Waals surface area contributed by atoms with E-state index in [9.17, 15) is 9.59 Å². The molecule has 1 fully saturated rings. The highest BCUT2D eigenvalue weighted by molar-refractivity contribution is 6.32. The number of carbonyl (C=O) groups excluding carboxylic acids is 2. The summed E-state index contributed by atoms with van der Waals surface area (Å²) in [5.74, 6) is 0.832. The fraction of sp³-hybridized carbons (Fsp3) is 0.333. The molecule has 1 saturated heterocycles. The first-order chi connectivity index (χ1) is 13.6. The molecule has 2 heterocycles. The summed E-state index contributed by atoms with van der Waals surface area (Å²) < 4.78 is 5.07. The Kier molecular flexibility index (Phi) is 6.49. The van der Waals surface area contributed by atoms with Gasteiger partial charge in [-0.1, -0.05) is 11.6 Å². The second-order valence-electron chi connectivity index (χ2n) is 6.08. The first-order valence-electron chi connectivity index (χ1n) is 8.75. The third kappa shape index (κ3) is 5.01. The van der Waals surface area contributed by atoms with Crippen molar-refractivity contribution < 1.29 is 14.3 Å². The maximum Gasteiger partial charge on any atom is 0.317 e. The number of hydrogen-bond donors (Lipinski definition) is 2. The van der Waals surface area contributed by atoms with Crippen LogP contribution in [-0.2, 0) is 4.79 Å². The van der Waals surface area contributed by atoms with Crippen molar-refractivity contribution in [2.45, 2.75) is 0 Å². The van der Waals surface area contributed by atoms with Gasteiger partial charge in [-0.15, -0.1) is 0 Å². The SMILES string of the molecule is COc1ccc(NC(=O)CNC(=O)N2CCN(c3ncccn3)CC2)cc1Cl. The van der Waals surface area contributed by atoms with Gasteiger partial charge in [-0.05, 0) is 24.3 Å². The predicted octanol–water partition coefficient (Wildman–Crippen LogP) is 1.61. The average Bonchev–Trinajstić information content (AvgIpc) is 2.73. The van der Waals surface area contributed by atoms with Gasteiger partial charge in [-0.3, -0.25) is 4.79 Å². The van der Waals surface area contributed by atoms with Gasteiger partial charge < -0.3 is 25.2 Å². The molecule has 0 unspecified atom stereocenters. The second kappa shape index (κ2) is 9.23. The molecule has 0 bridgehead atoms. The molecular formula is C18H21ClN6O3. The topological polar surface area (TPSA) is 99.7 Å². The number of nitrogens with one attached hydrogen (secondary N) is 2. The van der Waals surface area contributed by atoms with Crippen LogP contribution in [0.15, 0.2) is 36.7 Å². The van der Waals surface area contributed by atoms with Gasteiger partial charge >= 0.3 is 6.03 Å². The summed E-state index contributed by atoms with van der Waals surface area (Å²) in [6.07, 6.45) is 3.38. The van der Waals surface area contributed by atoms with Crippen LogP contribution in [0.4, 0.5) is 16.4 Å². The molecule has 3 amide bonds. The number of ether oxygens (including phenoxy) is 1. The quantitative estimate of drug-likeness (QED) is 0.785. The number of anilines is 2. The van der Waals surface area contributed by atoms with Gasteiger partial charge in [0, 0.05) is 44.3 Å². The summed E-state index contributed by atoms with van der Waals surface area (Å²) in [6, 6.07) is 6.40. The number of urea groups is 1. The Morgan fingerprint density at radius 2 is 1.89 bits per heavy atom. The number of rotatable bonds is 5. The third-order valence-electron chi connectivity index (χ3n) is 4.24. The van der Waals surface area contributed by atoms with Crippen LogP contribution in [0.5, 0.6) is 5.75 Å². The molecule has 0 spiro atoms. The molecule has 0 atom stereocenters. The van der Waals surface area contributed by atoms with E-state index in [4.69, 9.17) is 16.3 Å². The molecule has 28 heavy (non-hydrogen) atoms. The van der Waals surface area contributed by atoms with Gasteiger partial charge in [0.1, 0.15) is 5.75 Å². The average molecular weight is 405 g/mol. The van der Waals surface area contributed by atoms with Gasteiger partial charge in [0.05, 0.1) is 18.7 Å². The number of piperazine rings is 1. The second-order valence-corrected chi connectivity index (χ2v) is 6.49. The molecule has 2 aromatic rings. The van der Waals surface area contributed by atoms with Crippen molar-refractivity contribution in [2.24, 2.45) is 0 Å². The van der Waals surface area contributed by atoms with Crippen molar-refractivity contribution >= 4 is 35.2 Å². The van der Waals surface area contributed by atoms with E-state index >= 15 is 0 Å². The van der Waals surface area contributed by atoms with Crippen LogP contribution >= 0.6 is 11.6 Å². The molecule has 0 radical (unpaired) electrons. The van der Waals surface area contributed by atoms with E-state index in [0.29, 0.717) is 48.6 Å². The highest BCUT2D eigenvalue weighted by Crippen LogP contribution is 2.27. The molecule has 9 nitrogen and oxygen atoms in total. The molecule has 0 saturated carbocycles. The van der Waals surface area contributed by atoms with E-state index in [1.165, 1.54) is 7.11 Å². The molecule has 10 heteroatoms. The lowest BCUT2D eigenvalue weighted by atomic mass is 10.3. The van der Waals surface area contributed by atoms with Crippen molar-refractivity contribution in [3.05, 3.63) is 41.7 Å². The number of nitrogens with zero attached hydrogens (tertiary/aromatic N) is 4. The number of benzene rings is 1. The number of amides is 3. The fourth-order valence-electron chi connectivity index (χ4n) is 2.78. The number of carbonyl (C=O) groups is 2. The van der Waals surface area contributed by atoms with Crippen molar-refractivity contribution in [1.29, 1.82) is 0 Å². The van der Waals surface area contributed by atoms with Crippen LogP contribution in [0.3, 0.4) is 0 Å². The van der Waals surface area contributed by atoms with Crippen LogP contribution in [0.2, 0.25) is 5.02 Å². The Bertz CT molecular complexity index is 827. The Morgan fingerprint density at radius 3 is 2.54 bits per heavy atom. The third-order valence-corrected chi connectivity index (χ3v) is 4.53. The zero-order valence-electron chi connectivity index (χ0n) is 15.4. The van der Waals surface area contributed by atoms with Gasteiger partial charge in [0.2, 0.25) is 11.9 Å². The van der Waals surface area contributed by atoms with Gasteiger partial charge in [-0.2, -0.15) is 0 Å². The summed E-state index contributed by atoms with van der Waals surface area (Å²) in [4.78, 5) is 36.5. The zero-order chi connectivity index (χ0) is 19.9. The first-order valence-corrected chi connectivity index (χ1v) is 9.13. The van der Waals surface area contributed by atoms with Gasteiger partial charge in [0.25, 0.3) is 0 Å². The fourth-order valence-corrected chi connectivity index (χ4v) is 3.04. The lowest BCUT2D eigenvalue weighted by molar-refractivity contribution is -0.115. The lowest BCUT2D eigenvalue weighted by Gasteiger charge is -2.34. The van der Waals surface area contributed by atoms with Crippen LogP contribution in [0.1, 0.15) is 0 Å². The number of hydrogen-bond acceptors (Lipinski definition) is 6. The molecule has 1 aliphatic rings. The Hall–Kier alpha value is -3.07. The normalized spacial score (nSPS) is 13.8. The smallest absolute Gasteiger partial charge is 0.317 e. The molecule has 148 valence electrons. The Morgan fingerprint density at radius 1 is 1.18 bits per heavy atom. The molecule has 0 aliphatic carbocycles. The number of aromatic nitrogens is 2. The van der Waals surface area contributed by atoms with Gasteiger partial charge in [-0.25, -0.2) is 14.8 Å². The van der Waals surface area contributed by atoms with Crippen LogP contribution in [0.25, 0.3) is 0 Å². The van der Waals surface area contributed by atoms with Crippen LogP contribution in [0, 0.1) is 0 Å². The predicted molar refractivity (Wildman–Crippen MR) is 106 cm³/mol.